The highest BCUT2D eigenvalue weighted by molar-refractivity contribution is 5.26. The van der Waals surface area contributed by atoms with Crippen molar-refractivity contribution >= 4 is 0 Å². The van der Waals surface area contributed by atoms with Crippen LogP contribution in [0.15, 0.2) is 36.5 Å². The molecular formula is C20H30O. The van der Waals surface area contributed by atoms with Crippen LogP contribution in [0.25, 0.3) is 0 Å². The number of aliphatic hydroxyl groups excluding tert-OH is 1. The van der Waals surface area contributed by atoms with E-state index in [4.69, 9.17) is 0 Å². The van der Waals surface area contributed by atoms with Gasteiger partial charge in [-0.15, -0.1) is 6.58 Å². The van der Waals surface area contributed by atoms with Gasteiger partial charge in [0.2, 0.25) is 0 Å². The molecule has 2 fully saturated rings. The van der Waals surface area contributed by atoms with E-state index < -0.39 is 0 Å². The van der Waals surface area contributed by atoms with Crippen LogP contribution in [0.2, 0.25) is 0 Å². The Labute approximate surface area is 129 Å². The zero-order valence-corrected chi connectivity index (χ0v) is 13.5. The largest absolute Gasteiger partial charge is 0.393 e. The minimum absolute atomic E-state index is 0.101. The number of allylic oxidation sites excluding steroid dienone is 3. The van der Waals surface area contributed by atoms with Crippen LogP contribution in [0.1, 0.15) is 58.3 Å². The van der Waals surface area contributed by atoms with E-state index >= 15 is 0 Å². The van der Waals surface area contributed by atoms with Crippen LogP contribution in [-0.4, -0.2) is 11.2 Å². The summed E-state index contributed by atoms with van der Waals surface area (Å²) < 4.78 is 0. The molecule has 0 saturated heterocycles. The maximum Gasteiger partial charge on any atom is 0.0577 e. The van der Waals surface area contributed by atoms with E-state index in [0.717, 1.165) is 31.1 Å². The van der Waals surface area contributed by atoms with Crippen LogP contribution < -0.4 is 0 Å². The molecule has 0 amide bonds. The van der Waals surface area contributed by atoms with Gasteiger partial charge in [-0.2, -0.15) is 0 Å². The number of hydrogen-bond acceptors (Lipinski definition) is 1. The van der Waals surface area contributed by atoms with E-state index in [1.165, 1.54) is 37.7 Å². The molecule has 0 bridgehead atoms. The quantitative estimate of drug-likeness (QED) is 0.721. The van der Waals surface area contributed by atoms with Crippen molar-refractivity contribution < 1.29 is 5.11 Å². The summed E-state index contributed by atoms with van der Waals surface area (Å²) in [7, 11) is 0. The van der Waals surface area contributed by atoms with Crippen molar-refractivity contribution in [2.45, 2.75) is 64.4 Å². The second-order valence-corrected chi connectivity index (χ2v) is 7.72. The third-order valence-corrected chi connectivity index (χ3v) is 6.66. The fraction of sp³-hybridized carbons (Fsp3) is 0.700. The molecule has 0 unspecified atom stereocenters. The Balaban J connectivity index is 1.87. The van der Waals surface area contributed by atoms with Crippen LogP contribution in [0, 0.1) is 23.2 Å². The zero-order chi connectivity index (χ0) is 15.0. The van der Waals surface area contributed by atoms with Crippen LogP contribution >= 0.6 is 0 Å². The molecule has 0 heterocycles. The van der Waals surface area contributed by atoms with Crippen molar-refractivity contribution in [2.24, 2.45) is 23.2 Å². The summed E-state index contributed by atoms with van der Waals surface area (Å²) in [6, 6.07) is 0. The lowest BCUT2D eigenvalue weighted by Gasteiger charge is -2.54. The lowest BCUT2D eigenvalue weighted by atomic mass is 9.50. The summed E-state index contributed by atoms with van der Waals surface area (Å²) >= 11 is 0. The van der Waals surface area contributed by atoms with Crippen molar-refractivity contribution in [3.05, 3.63) is 36.5 Å². The summed E-state index contributed by atoms with van der Waals surface area (Å²) in [5, 5.41) is 10.0. The summed E-state index contributed by atoms with van der Waals surface area (Å²) in [6.07, 6.45) is 13.5. The summed E-state index contributed by atoms with van der Waals surface area (Å²) in [5.74, 6) is 2.25. The average molecular weight is 286 g/mol. The van der Waals surface area contributed by atoms with Crippen LogP contribution in [0.4, 0.5) is 0 Å². The van der Waals surface area contributed by atoms with E-state index in [-0.39, 0.29) is 6.10 Å². The SMILES string of the molecule is C=CCC[C@@H]1C(=C)CC[C@H]2[C@H]1CC=C1C[C@@H](O)CC[C@@]12C. The average Bonchev–Trinajstić information content (AvgIpc) is 2.47. The van der Waals surface area contributed by atoms with Crippen molar-refractivity contribution in [3.63, 3.8) is 0 Å². The summed E-state index contributed by atoms with van der Waals surface area (Å²) in [5.41, 5.74) is 3.38. The van der Waals surface area contributed by atoms with Crippen LogP contribution in [0.5, 0.6) is 0 Å². The maximum atomic E-state index is 10.0. The second-order valence-electron chi connectivity index (χ2n) is 7.72. The van der Waals surface area contributed by atoms with E-state index in [9.17, 15) is 5.11 Å². The molecule has 2 saturated carbocycles. The van der Waals surface area contributed by atoms with Gasteiger partial charge in [0.1, 0.15) is 0 Å². The molecule has 0 spiro atoms. The van der Waals surface area contributed by atoms with Gasteiger partial charge in [0, 0.05) is 0 Å². The third kappa shape index (κ3) is 2.54. The number of hydrogen-bond donors (Lipinski definition) is 1. The fourth-order valence-electron chi connectivity index (χ4n) is 5.39. The van der Waals surface area contributed by atoms with Gasteiger partial charge in [0.05, 0.1) is 6.10 Å². The van der Waals surface area contributed by atoms with Gasteiger partial charge in [0.15, 0.2) is 0 Å². The Morgan fingerprint density at radius 3 is 3.00 bits per heavy atom. The minimum Gasteiger partial charge on any atom is -0.393 e. The molecule has 3 rings (SSSR count). The molecule has 0 aromatic carbocycles. The molecule has 3 aliphatic carbocycles. The molecule has 0 aromatic rings. The molecule has 0 radical (unpaired) electrons. The first kappa shape index (κ1) is 15.1. The third-order valence-electron chi connectivity index (χ3n) is 6.66. The lowest BCUT2D eigenvalue weighted by Crippen LogP contribution is -2.46. The zero-order valence-electron chi connectivity index (χ0n) is 13.5. The standard InChI is InChI=1S/C20H30O/c1-4-5-6-17-14(2)7-10-19-18(17)9-8-15-13-16(21)11-12-20(15,19)3/h4,8,16-19,21H,1-2,5-7,9-13H2,3H3/t16-,17+,18-,19-,20-/m0/s1. The van der Waals surface area contributed by atoms with E-state index in [1.807, 2.05) is 0 Å². The van der Waals surface area contributed by atoms with E-state index in [0.29, 0.717) is 11.3 Å². The van der Waals surface area contributed by atoms with Crippen LogP contribution in [0.3, 0.4) is 0 Å². The lowest BCUT2D eigenvalue weighted by molar-refractivity contribution is 0.0222. The van der Waals surface area contributed by atoms with E-state index in [1.54, 1.807) is 5.57 Å². The topological polar surface area (TPSA) is 20.2 Å². The minimum atomic E-state index is -0.101. The molecule has 21 heavy (non-hydrogen) atoms. The van der Waals surface area contributed by atoms with E-state index in [2.05, 4.69) is 32.2 Å². The maximum absolute atomic E-state index is 10.0. The monoisotopic (exact) mass is 286 g/mol. The molecule has 0 aromatic heterocycles. The Bertz CT molecular complexity index is 460. The Kier molecular flexibility index (Phi) is 4.14. The fourth-order valence-corrected chi connectivity index (χ4v) is 5.39. The first-order valence-electron chi connectivity index (χ1n) is 8.72. The Morgan fingerprint density at radius 2 is 2.24 bits per heavy atom. The molecule has 5 atom stereocenters. The number of rotatable bonds is 3. The molecular weight excluding hydrogens is 256 g/mol. The smallest absolute Gasteiger partial charge is 0.0577 e. The van der Waals surface area contributed by atoms with Crippen molar-refractivity contribution in [3.8, 4) is 0 Å². The normalized spacial score (nSPS) is 42.8. The highest BCUT2D eigenvalue weighted by atomic mass is 16.3. The molecule has 116 valence electrons. The molecule has 1 nitrogen and oxygen atoms in total. The van der Waals surface area contributed by atoms with Gasteiger partial charge in [-0.25, -0.2) is 0 Å². The number of aliphatic hydroxyl groups is 1. The van der Waals surface area contributed by atoms with Crippen molar-refractivity contribution in [2.75, 3.05) is 0 Å². The number of fused-ring (bicyclic) bond motifs is 3. The Morgan fingerprint density at radius 1 is 1.43 bits per heavy atom. The first-order valence-corrected chi connectivity index (χ1v) is 8.72. The predicted molar refractivity (Wildman–Crippen MR) is 88.9 cm³/mol. The van der Waals surface area contributed by atoms with Gasteiger partial charge >= 0.3 is 0 Å². The highest BCUT2D eigenvalue weighted by Crippen LogP contribution is 2.59. The first-order chi connectivity index (χ1) is 10.1. The molecule has 1 heteroatoms. The van der Waals surface area contributed by atoms with Gasteiger partial charge in [-0.05, 0) is 74.5 Å². The van der Waals surface area contributed by atoms with Gasteiger partial charge in [-0.1, -0.05) is 36.8 Å². The van der Waals surface area contributed by atoms with Crippen molar-refractivity contribution in [1.29, 1.82) is 0 Å². The predicted octanol–water partition coefficient (Wildman–Crippen LogP) is 5.03. The van der Waals surface area contributed by atoms with Crippen molar-refractivity contribution in [1.82, 2.24) is 0 Å². The van der Waals surface area contributed by atoms with Gasteiger partial charge < -0.3 is 5.11 Å². The highest BCUT2D eigenvalue weighted by Gasteiger charge is 2.49. The molecule has 3 aliphatic rings. The van der Waals surface area contributed by atoms with Gasteiger partial charge in [-0.3, -0.25) is 0 Å². The summed E-state index contributed by atoms with van der Waals surface area (Å²) in [4.78, 5) is 0. The molecule has 0 aliphatic heterocycles. The summed E-state index contributed by atoms with van der Waals surface area (Å²) in [6.45, 7) is 10.7. The second kappa shape index (κ2) is 5.76. The van der Waals surface area contributed by atoms with Crippen LogP contribution in [-0.2, 0) is 0 Å². The Hall–Kier alpha value is -0.820. The molecule has 1 N–H and O–H groups in total. The van der Waals surface area contributed by atoms with Gasteiger partial charge in [0.25, 0.3) is 0 Å².